The van der Waals surface area contributed by atoms with Crippen molar-refractivity contribution in [2.45, 2.75) is 96.3 Å². The number of nitrogens with zero attached hydrogens (tertiary/aromatic N) is 1. The van der Waals surface area contributed by atoms with Crippen LogP contribution in [0.25, 0.3) is 33.4 Å². The van der Waals surface area contributed by atoms with Gasteiger partial charge in [0, 0.05) is 27.9 Å². The fourth-order valence-electron chi connectivity index (χ4n) is 12.0. The average molecular weight is 830 g/mol. The van der Waals surface area contributed by atoms with Crippen LogP contribution in [-0.2, 0) is 27.1 Å². The van der Waals surface area contributed by atoms with Gasteiger partial charge in [0.1, 0.15) is 0 Å². The lowest BCUT2D eigenvalue weighted by Gasteiger charge is -2.35. The summed E-state index contributed by atoms with van der Waals surface area (Å²) >= 11 is 0. The Morgan fingerprint density at radius 2 is 0.859 bits per heavy atom. The molecule has 3 aliphatic carbocycles. The molecule has 64 heavy (non-hydrogen) atoms. The van der Waals surface area contributed by atoms with Gasteiger partial charge in [-0.3, -0.25) is 0 Å². The fourth-order valence-corrected chi connectivity index (χ4v) is 12.0. The molecule has 0 atom stereocenters. The van der Waals surface area contributed by atoms with E-state index in [0.29, 0.717) is 0 Å². The standard InChI is InChI=1S/C63H59N/c1-59(2,3)42-36-51-50-38-44(32-34-53(50)62(9,10)58(51)57(37-42)60(4,5)6)64(45-31-33-49-46-25-14-17-28-52(46)61(7,8)56(49)39-45)43-24-20-23-41(35-43)63(40-21-12-11-13-22-40)54-29-18-15-26-47(54)48-27-16-19-30-55(48)63/h11-39H,1-10H3. The predicted octanol–water partition coefficient (Wildman–Crippen LogP) is 16.7. The van der Waals surface area contributed by atoms with Crippen LogP contribution in [0.4, 0.5) is 17.1 Å². The van der Waals surface area contributed by atoms with Gasteiger partial charge in [0.25, 0.3) is 0 Å². The van der Waals surface area contributed by atoms with Crippen LogP contribution in [0.5, 0.6) is 0 Å². The van der Waals surface area contributed by atoms with Gasteiger partial charge in [0.2, 0.25) is 0 Å². The molecule has 0 fully saturated rings. The van der Waals surface area contributed by atoms with Gasteiger partial charge in [-0.25, -0.2) is 0 Å². The van der Waals surface area contributed by atoms with Crippen LogP contribution in [0.2, 0.25) is 0 Å². The van der Waals surface area contributed by atoms with E-state index in [0.717, 1.165) is 17.1 Å². The molecule has 0 N–H and O–H groups in total. The van der Waals surface area contributed by atoms with E-state index in [2.05, 4.69) is 250 Å². The summed E-state index contributed by atoms with van der Waals surface area (Å²) in [4.78, 5) is 2.54. The molecule has 0 saturated carbocycles. The van der Waals surface area contributed by atoms with E-state index in [4.69, 9.17) is 0 Å². The van der Waals surface area contributed by atoms with Crippen LogP contribution in [0, 0.1) is 0 Å². The largest absolute Gasteiger partial charge is 0.310 e. The van der Waals surface area contributed by atoms with Crippen molar-refractivity contribution in [3.63, 3.8) is 0 Å². The van der Waals surface area contributed by atoms with E-state index < -0.39 is 5.41 Å². The lowest BCUT2D eigenvalue weighted by atomic mass is 9.67. The molecule has 0 unspecified atom stereocenters. The van der Waals surface area contributed by atoms with Gasteiger partial charge in [-0.2, -0.15) is 0 Å². The Balaban J connectivity index is 1.18. The maximum absolute atomic E-state index is 2.54. The summed E-state index contributed by atoms with van der Waals surface area (Å²) in [6, 6.07) is 67.3. The van der Waals surface area contributed by atoms with E-state index in [1.54, 1.807) is 0 Å². The number of benzene rings is 8. The van der Waals surface area contributed by atoms with Crippen molar-refractivity contribution in [1.29, 1.82) is 0 Å². The highest BCUT2D eigenvalue weighted by Gasteiger charge is 2.47. The third kappa shape index (κ3) is 5.69. The van der Waals surface area contributed by atoms with Crippen LogP contribution in [0.3, 0.4) is 0 Å². The third-order valence-corrected chi connectivity index (χ3v) is 15.2. The number of rotatable bonds is 5. The van der Waals surface area contributed by atoms with Gasteiger partial charge in [-0.1, -0.05) is 209 Å². The molecule has 0 bridgehead atoms. The first-order valence-corrected chi connectivity index (χ1v) is 23.3. The number of hydrogen-bond acceptors (Lipinski definition) is 1. The summed E-state index contributed by atoms with van der Waals surface area (Å²) in [6.07, 6.45) is 0. The molecule has 316 valence electrons. The first-order chi connectivity index (χ1) is 30.5. The summed E-state index contributed by atoms with van der Waals surface area (Å²) in [5, 5.41) is 0. The van der Waals surface area contributed by atoms with Gasteiger partial charge in [0.15, 0.2) is 0 Å². The van der Waals surface area contributed by atoms with Gasteiger partial charge in [0.05, 0.1) is 5.41 Å². The first-order valence-electron chi connectivity index (χ1n) is 23.3. The van der Waals surface area contributed by atoms with Crippen LogP contribution >= 0.6 is 0 Å². The zero-order valence-electron chi connectivity index (χ0n) is 39.2. The molecule has 8 aromatic rings. The summed E-state index contributed by atoms with van der Waals surface area (Å²) in [5.74, 6) is 0. The minimum absolute atomic E-state index is 0.00694. The van der Waals surface area contributed by atoms with Crippen LogP contribution in [-0.4, -0.2) is 0 Å². The molecular formula is C63H59N. The Morgan fingerprint density at radius 1 is 0.344 bits per heavy atom. The van der Waals surface area contributed by atoms with Gasteiger partial charge in [-0.05, 0) is 136 Å². The normalized spacial score (nSPS) is 15.7. The van der Waals surface area contributed by atoms with Crippen molar-refractivity contribution in [1.82, 2.24) is 0 Å². The van der Waals surface area contributed by atoms with Crippen molar-refractivity contribution in [3.05, 3.63) is 232 Å². The van der Waals surface area contributed by atoms with Crippen LogP contribution in [0.15, 0.2) is 176 Å². The van der Waals surface area contributed by atoms with E-state index in [1.165, 1.54) is 89.0 Å². The smallest absolute Gasteiger partial charge is 0.0714 e. The third-order valence-electron chi connectivity index (χ3n) is 15.2. The molecule has 0 heterocycles. The molecule has 0 saturated heterocycles. The van der Waals surface area contributed by atoms with E-state index in [9.17, 15) is 0 Å². The molecule has 11 rings (SSSR count). The monoisotopic (exact) mass is 829 g/mol. The molecule has 0 amide bonds. The van der Waals surface area contributed by atoms with Crippen molar-refractivity contribution in [2.24, 2.45) is 0 Å². The van der Waals surface area contributed by atoms with Gasteiger partial charge in [-0.15, -0.1) is 0 Å². The maximum atomic E-state index is 2.54. The molecule has 1 nitrogen and oxygen atoms in total. The highest BCUT2D eigenvalue weighted by Crippen LogP contribution is 2.58. The van der Waals surface area contributed by atoms with Crippen molar-refractivity contribution in [3.8, 4) is 33.4 Å². The lowest BCUT2D eigenvalue weighted by Crippen LogP contribution is -2.28. The molecule has 8 aromatic carbocycles. The van der Waals surface area contributed by atoms with E-state index in [-0.39, 0.29) is 21.7 Å². The fraction of sp³-hybridized carbons (Fsp3) is 0.238. The summed E-state index contributed by atoms with van der Waals surface area (Å²) in [7, 11) is 0. The number of fused-ring (bicyclic) bond motifs is 9. The summed E-state index contributed by atoms with van der Waals surface area (Å²) in [5.41, 5.74) is 24.3. The Kier molecular flexibility index (Phi) is 8.69. The number of anilines is 3. The topological polar surface area (TPSA) is 3.24 Å². The molecular weight excluding hydrogens is 771 g/mol. The molecule has 0 aromatic heterocycles. The Hall–Kier alpha value is -6.44. The van der Waals surface area contributed by atoms with Crippen molar-refractivity contribution < 1.29 is 0 Å². The van der Waals surface area contributed by atoms with Gasteiger partial charge >= 0.3 is 0 Å². The van der Waals surface area contributed by atoms with E-state index >= 15 is 0 Å². The Labute approximate surface area is 381 Å². The molecule has 3 aliphatic rings. The molecule has 1 heteroatoms. The lowest BCUT2D eigenvalue weighted by molar-refractivity contribution is 0.545. The zero-order chi connectivity index (χ0) is 44.6. The second kappa shape index (κ2) is 13.8. The predicted molar refractivity (Wildman–Crippen MR) is 271 cm³/mol. The minimum Gasteiger partial charge on any atom is -0.310 e. The second-order valence-corrected chi connectivity index (χ2v) is 21.8. The highest BCUT2D eigenvalue weighted by molar-refractivity contribution is 5.91. The average Bonchev–Trinajstić information content (AvgIpc) is 3.81. The van der Waals surface area contributed by atoms with E-state index in [1.807, 2.05) is 0 Å². The molecule has 0 radical (unpaired) electrons. The Morgan fingerprint density at radius 3 is 1.50 bits per heavy atom. The minimum atomic E-state index is -0.509. The van der Waals surface area contributed by atoms with Crippen LogP contribution in [0.1, 0.15) is 125 Å². The SMILES string of the molecule is CC(C)(C)c1cc2c(c(C(C)(C)C)c1)C(C)(C)c1ccc(N(c3cccc(C4(c5ccccc5)c5ccccc5-c5ccccc54)c3)c3ccc4c(c3)C(C)(C)c3ccccc3-4)cc1-2. The zero-order valence-corrected chi connectivity index (χ0v) is 39.2. The summed E-state index contributed by atoms with van der Waals surface area (Å²) in [6.45, 7) is 23.8. The first kappa shape index (κ1) is 40.3. The van der Waals surface area contributed by atoms with Gasteiger partial charge < -0.3 is 4.90 Å². The van der Waals surface area contributed by atoms with Crippen molar-refractivity contribution in [2.75, 3.05) is 4.90 Å². The maximum Gasteiger partial charge on any atom is 0.0714 e. The quantitative estimate of drug-likeness (QED) is 0.167. The Bertz CT molecular complexity index is 3130. The molecule has 0 aliphatic heterocycles. The van der Waals surface area contributed by atoms with Crippen LogP contribution < -0.4 is 4.90 Å². The van der Waals surface area contributed by atoms with Crippen molar-refractivity contribution >= 4 is 17.1 Å². The summed E-state index contributed by atoms with van der Waals surface area (Å²) < 4.78 is 0. The highest BCUT2D eigenvalue weighted by atomic mass is 15.1. The molecule has 0 spiro atoms. The number of hydrogen-bond donors (Lipinski definition) is 0. The second-order valence-electron chi connectivity index (χ2n) is 21.8.